The summed E-state index contributed by atoms with van der Waals surface area (Å²) in [5, 5.41) is 7.47. The van der Waals surface area contributed by atoms with E-state index < -0.39 is 0 Å². The number of hydrogen-bond acceptors (Lipinski definition) is 3. The fourth-order valence-electron chi connectivity index (χ4n) is 1.71. The summed E-state index contributed by atoms with van der Waals surface area (Å²) >= 11 is 4.97. The van der Waals surface area contributed by atoms with Crippen LogP contribution < -0.4 is 10.7 Å². The van der Waals surface area contributed by atoms with E-state index >= 15 is 0 Å². The molecule has 0 amide bonds. The van der Waals surface area contributed by atoms with Crippen LogP contribution in [0.4, 0.5) is 0 Å². The zero-order valence-corrected chi connectivity index (χ0v) is 10.9. The summed E-state index contributed by atoms with van der Waals surface area (Å²) in [6, 6.07) is 3.96. The van der Waals surface area contributed by atoms with Crippen LogP contribution in [0.2, 0.25) is 0 Å². The van der Waals surface area contributed by atoms with E-state index in [1.165, 1.54) is 6.42 Å². The normalized spacial score (nSPS) is 22.7. The molecule has 1 aromatic rings. The number of hydrogen-bond donors (Lipinski definition) is 2. The summed E-state index contributed by atoms with van der Waals surface area (Å²) in [5.74, 6) is 3.18. The molecule has 2 atom stereocenters. The highest BCUT2D eigenvalue weighted by molar-refractivity contribution is 7.80. The zero-order valence-electron chi connectivity index (χ0n) is 10.1. The smallest absolute Gasteiger partial charge is 0.186 e. The molecule has 0 spiro atoms. The summed E-state index contributed by atoms with van der Waals surface area (Å²) in [4.78, 5) is 0. The molecule has 1 fully saturated rings. The van der Waals surface area contributed by atoms with E-state index in [0.717, 1.165) is 24.0 Å². The van der Waals surface area contributed by atoms with Crippen LogP contribution in [-0.4, -0.2) is 17.9 Å². The van der Waals surface area contributed by atoms with Gasteiger partial charge in [-0.2, -0.15) is 5.10 Å². The van der Waals surface area contributed by atoms with Gasteiger partial charge >= 0.3 is 0 Å². The lowest BCUT2D eigenvalue weighted by Crippen LogP contribution is -2.31. The maximum absolute atomic E-state index is 5.67. The Balaban J connectivity index is 1.84. The molecular formula is C12H17N3OS. The summed E-state index contributed by atoms with van der Waals surface area (Å²) in [6.45, 7) is 5.00. The number of nitrogens with one attached hydrogen (secondary N) is 2. The van der Waals surface area contributed by atoms with E-state index in [4.69, 9.17) is 16.6 Å². The van der Waals surface area contributed by atoms with E-state index in [1.807, 2.05) is 19.1 Å². The molecule has 17 heavy (non-hydrogen) atoms. The first-order chi connectivity index (χ1) is 8.20. The minimum absolute atomic E-state index is 0.520. The van der Waals surface area contributed by atoms with Crippen molar-refractivity contribution in [3.05, 3.63) is 23.7 Å². The Bertz CT molecular complexity index is 427. The average Bonchev–Trinajstić information content (AvgIpc) is 2.84. The van der Waals surface area contributed by atoms with E-state index in [0.29, 0.717) is 11.0 Å². The van der Waals surface area contributed by atoms with Gasteiger partial charge in [-0.05, 0) is 43.6 Å². The molecule has 0 saturated heterocycles. The molecule has 2 N–H and O–H groups in total. The molecule has 92 valence electrons. The molecule has 5 heteroatoms. The third-order valence-corrected chi connectivity index (χ3v) is 3.05. The molecular weight excluding hydrogens is 234 g/mol. The van der Waals surface area contributed by atoms with Crippen molar-refractivity contribution < 1.29 is 4.42 Å². The predicted molar refractivity (Wildman–Crippen MR) is 72.2 cm³/mol. The van der Waals surface area contributed by atoms with Crippen LogP contribution in [0.15, 0.2) is 21.7 Å². The van der Waals surface area contributed by atoms with Gasteiger partial charge in [0.15, 0.2) is 5.11 Å². The Hall–Kier alpha value is -1.36. The van der Waals surface area contributed by atoms with Crippen LogP contribution in [-0.2, 0) is 0 Å². The fraction of sp³-hybridized carbons (Fsp3) is 0.500. The first-order valence-corrected chi connectivity index (χ1v) is 6.28. The molecule has 1 heterocycles. The highest BCUT2D eigenvalue weighted by Gasteiger charge is 2.36. The molecule has 0 unspecified atom stereocenters. The molecule has 0 radical (unpaired) electrons. The maximum atomic E-state index is 5.67. The third kappa shape index (κ3) is 3.30. The Morgan fingerprint density at radius 2 is 2.41 bits per heavy atom. The van der Waals surface area contributed by atoms with Crippen molar-refractivity contribution in [3.8, 4) is 0 Å². The highest BCUT2D eigenvalue weighted by atomic mass is 32.1. The number of nitrogens with zero attached hydrogens (tertiary/aromatic N) is 1. The number of rotatable bonds is 4. The second kappa shape index (κ2) is 5.31. The fourth-order valence-corrected chi connectivity index (χ4v) is 1.91. The molecule has 0 aliphatic heterocycles. The van der Waals surface area contributed by atoms with Crippen molar-refractivity contribution in [3.63, 3.8) is 0 Å². The highest BCUT2D eigenvalue weighted by Crippen LogP contribution is 2.47. The van der Waals surface area contributed by atoms with Gasteiger partial charge in [0.1, 0.15) is 11.5 Å². The van der Waals surface area contributed by atoms with Crippen molar-refractivity contribution in [2.24, 2.45) is 11.0 Å². The molecule has 1 aliphatic carbocycles. The van der Waals surface area contributed by atoms with Gasteiger partial charge in [-0.25, -0.2) is 0 Å². The first kappa shape index (κ1) is 12.1. The van der Waals surface area contributed by atoms with Gasteiger partial charge in [0, 0.05) is 12.5 Å². The second-order valence-corrected chi connectivity index (χ2v) is 4.70. The number of thiocarbonyl (C=S) groups is 1. The molecule has 4 nitrogen and oxygen atoms in total. The quantitative estimate of drug-likeness (QED) is 0.489. The average molecular weight is 251 g/mol. The number of furan rings is 1. The van der Waals surface area contributed by atoms with E-state index in [-0.39, 0.29) is 0 Å². The maximum Gasteiger partial charge on any atom is 0.186 e. The molecule has 1 aliphatic rings. The van der Waals surface area contributed by atoms with Crippen molar-refractivity contribution >= 4 is 23.5 Å². The van der Waals surface area contributed by atoms with Crippen molar-refractivity contribution in [1.82, 2.24) is 10.7 Å². The monoisotopic (exact) mass is 251 g/mol. The van der Waals surface area contributed by atoms with E-state index in [2.05, 4.69) is 22.8 Å². The van der Waals surface area contributed by atoms with Gasteiger partial charge in [-0.15, -0.1) is 0 Å². The first-order valence-electron chi connectivity index (χ1n) is 5.87. The van der Waals surface area contributed by atoms with Gasteiger partial charge < -0.3 is 9.73 Å². The minimum atomic E-state index is 0.520. The summed E-state index contributed by atoms with van der Waals surface area (Å²) in [7, 11) is 0. The standard InChI is InChI=1S/C12H17N3OS/c1-3-13-12(17)15-14-7-9-4-5-11(16-9)10-6-8(10)2/h4-5,7-8,10H,3,6H2,1-2H3,(H2,13,15,17)/b14-7-/t8-,10+/m1/s1. The Kier molecular flexibility index (Phi) is 3.78. The zero-order chi connectivity index (χ0) is 12.3. The lowest BCUT2D eigenvalue weighted by Gasteiger charge is -2.01. The molecule has 0 aromatic carbocycles. The largest absolute Gasteiger partial charge is 0.460 e. The van der Waals surface area contributed by atoms with Crippen LogP contribution in [0.25, 0.3) is 0 Å². The van der Waals surface area contributed by atoms with Gasteiger partial charge in [0.25, 0.3) is 0 Å². The van der Waals surface area contributed by atoms with Crippen LogP contribution in [0.3, 0.4) is 0 Å². The second-order valence-electron chi connectivity index (χ2n) is 4.29. The summed E-state index contributed by atoms with van der Waals surface area (Å²) < 4.78 is 5.67. The van der Waals surface area contributed by atoms with Crippen molar-refractivity contribution in [2.75, 3.05) is 6.54 Å². The Morgan fingerprint density at radius 1 is 1.65 bits per heavy atom. The Morgan fingerprint density at radius 3 is 3.06 bits per heavy atom. The summed E-state index contributed by atoms with van der Waals surface area (Å²) in [5.41, 5.74) is 2.72. The van der Waals surface area contributed by atoms with Crippen LogP contribution in [0.1, 0.15) is 37.7 Å². The Labute approximate surface area is 106 Å². The minimum Gasteiger partial charge on any atom is -0.460 e. The van der Waals surface area contributed by atoms with Gasteiger partial charge in [-0.1, -0.05) is 6.92 Å². The van der Waals surface area contributed by atoms with E-state index in [9.17, 15) is 0 Å². The van der Waals surface area contributed by atoms with E-state index in [1.54, 1.807) is 6.21 Å². The molecule has 1 saturated carbocycles. The summed E-state index contributed by atoms with van der Waals surface area (Å²) in [6.07, 6.45) is 2.87. The molecule has 2 rings (SSSR count). The number of hydrazone groups is 1. The van der Waals surface area contributed by atoms with Crippen molar-refractivity contribution in [1.29, 1.82) is 0 Å². The SMILES string of the molecule is CCNC(=S)N/N=C\c1ccc([C@H]2C[C@H]2C)o1. The lowest BCUT2D eigenvalue weighted by atomic mass is 10.3. The molecule has 0 bridgehead atoms. The third-order valence-electron chi connectivity index (χ3n) is 2.82. The van der Waals surface area contributed by atoms with Gasteiger partial charge in [0.2, 0.25) is 0 Å². The van der Waals surface area contributed by atoms with Gasteiger partial charge in [-0.3, -0.25) is 5.43 Å². The lowest BCUT2D eigenvalue weighted by molar-refractivity contribution is 0.500. The van der Waals surface area contributed by atoms with Crippen LogP contribution in [0.5, 0.6) is 0 Å². The van der Waals surface area contributed by atoms with Crippen LogP contribution >= 0.6 is 12.2 Å². The molecule has 1 aromatic heterocycles. The predicted octanol–water partition coefficient (Wildman–Crippen LogP) is 2.22. The van der Waals surface area contributed by atoms with Crippen molar-refractivity contribution in [2.45, 2.75) is 26.2 Å². The topological polar surface area (TPSA) is 49.6 Å². The van der Waals surface area contributed by atoms with Crippen LogP contribution in [0, 0.1) is 5.92 Å². The van der Waals surface area contributed by atoms with Gasteiger partial charge in [0.05, 0.1) is 6.21 Å².